The van der Waals surface area contributed by atoms with E-state index in [4.69, 9.17) is 10.5 Å². The van der Waals surface area contributed by atoms with Gasteiger partial charge in [-0.1, -0.05) is 37.3 Å². The van der Waals surface area contributed by atoms with Gasteiger partial charge in [-0.15, -0.1) is 0 Å². The van der Waals surface area contributed by atoms with Crippen LogP contribution in [0.3, 0.4) is 0 Å². The number of likely N-dealkylation sites (tertiary alicyclic amines) is 1. The summed E-state index contributed by atoms with van der Waals surface area (Å²) in [5, 5.41) is 0. The molecule has 2 rings (SSSR count). The largest absolute Gasteiger partial charge is 0.383 e. The monoisotopic (exact) mass is 276 g/mol. The van der Waals surface area contributed by atoms with Gasteiger partial charge in [-0.25, -0.2) is 0 Å². The number of methoxy groups -OCH3 is 1. The van der Waals surface area contributed by atoms with E-state index in [0.29, 0.717) is 0 Å². The van der Waals surface area contributed by atoms with Crippen LogP contribution in [0.5, 0.6) is 0 Å². The second-order valence-corrected chi connectivity index (χ2v) is 5.85. The minimum atomic E-state index is -0.557. The van der Waals surface area contributed by atoms with Crippen LogP contribution in [0.1, 0.15) is 25.3 Å². The van der Waals surface area contributed by atoms with E-state index in [-0.39, 0.29) is 17.9 Å². The number of carbonyl (C=O) groups is 1. The Morgan fingerprint density at radius 2 is 2.15 bits per heavy atom. The highest BCUT2D eigenvalue weighted by Crippen LogP contribution is 2.33. The Hall–Kier alpha value is -1.39. The lowest BCUT2D eigenvalue weighted by Crippen LogP contribution is -2.53. The molecule has 0 aliphatic carbocycles. The summed E-state index contributed by atoms with van der Waals surface area (Å²) < 4.78 is 4.98. The van der Waals surface area contributed by atoms with Crippen molar-refractivity contribution >= 4 is 5.91 Å². The number of carbonyl (C=O) groups excluding carboxylic acids is 1. The average Bonchev–Trinajstić information content (AvgIpc) is 2.48. The Bertz CT molecular complexity index is 449. The third-order valence-corrected chi connectivity index (χ3v) is 4.14. The van der Waals surface area contributed by atoms with Crippen LogP contribution in [-0.4, -0.2) is 43.7 Å². The van der Waals surface area contributed by atoms with E-state index in [1.54, 1.807) is 7.11 Å². The molecular weight excluding hydrogens is 252 g/mol. The van der Waals surface area contributed by atoms with Gasteiger partial charge >= 0.3 is 0 Å². The van der Waals surface area contributed by atoms with Crippen molar-refractivity contribution in [1.29, 1.82) is 0 Å². The molecule has 0 radical (unpaired) electrons. The topological polar surface area (TPSA) is 55.6 Å². The van der Waals surface area contributed by atoms with E-state index in [1.807, 2.05) is 11.0 Å². The first-order valence-electron chi connectivity index (χ1n) is 7.16. The summed E-state index contributed by atoms with van der Waals surface area (Å²) in [6.07, 6.45) is 2.11. The van der Waals surface area contributed by atoms with E-state index < -0.39 is 6.04 Å². The highest BCUT2D eigenvalue weighted by Gasteiger charge is 2.35. The third kappa shape index (κ3) is 3.19. The molecule has 1 saturated heterocycles. The van der Waals surface area contributed by atoms with Crippen molar-refractivity contribution in [1.82, 2.24) is 4.90 Å². The summed E-state index contributed by atoms with van der Waals surface area (Å²) in [5.74, 6) is -0.00583. The summed E-state index contributed by atoms with van der Waals surface area (Å²) in [6.45, 7) is 4.02. The quantitative estimate of drug-likeness (QED) is 0.907. The number of nitrogens with two attached hydrogens (primary N) is 1. The molecule has 4 heteroatoms. The lowest BCUT2D eigenvalue weighted by Gasteiger charge is -2.41. The van der Waals surface area contributed by atoms with Crippen LogP contribution in [0.25, 0.3) is 0 Å². The highest BCUT2D eigenvalue weighted by atomic mass is 16.5. The van der Waals surface area contributed by atoms with Gasteiger partial charge in [-0.3, -0.25) is 4.79 Å². The van der Waals surface area contributed by atoms with Crippen molar-refractivity contribution in [2.45, 2.75) is 31.2 Å². The first-order chi connectivity index (χ1) is 9.57. The van der Waals surface area contributed by atoms with Crippen molar-refractivity contribution in [2.24, 2.45) is 5.73 Å². The zero-order valence-corrected chi connectivity index (χ0v) is 12.3. The molecule has 2 unspecified atom stereocenters. The Balaban J connectivity index is 2.10. The molecule has 1 aliphatic heterocycles. The predicted octanol–water partition coefficient (Wildman–Crippen LogP) is 1.54. The second kappa shape index (κ2) is 6.37. The van der Waals surface area contributed by atoms with Crippen molar-refractivity contribution < 1.29 is 9.53 Å². The zero-order chi connectivity index (χ0) is 14.6. The van der Waals surface area contributed by atoms with E-state index in [2.05, 4.69) is 31.2 Å². The normalized spacial score (nSPS) is 24.4. The molecule has 4 nitrogen and oxygen atoms in total. The fourth-order valence-electron chi connectivity index (χ4n) is 2.99. The molecule has 20 heavy (non-hydrogen) atoms. The van der Waals surface area contributed by atoms with Crippen LogP contribution in [0, 0.1) is 0 Å². The van der Waals surface area contributed by atoms with E-state index in [9.17, 15) is 4.79 Å². The maximum atomic E-state index is 12.3. The summed E-state index contributed by atoms with van der Waals surface area (Å²) >= 11 is 0. The number of nitrogens with zero attached hydrogens (tertiary/aromatic N) is 1. The Morgan fingerprint density at radius 3 is 2.80 bits per heavy atom. The number of hydrogen-bond acceptors (Lipinski definition) is 3. The third-order valence-electron chi connectivity index (χ3n) is 4.14. The van der Waals surface area contributed by atoms with Crippen LogP contribution in [0.15, 0.2) is 30.3 Å². The number of hydrogen-bond donors (Lipinski definition) is 1. The number of benzene rings is 1. The lowest BCUT2D eigenvalue weighted by molar-refractivity contribution is -0.135. The van der Waals surface area contributed by atoms with Crippen LogP contribution < -0.4 is 5.73 Å². The molecule has 0 aromatic heterocycles. The number of rotatable bonds is 4. The number of ether oxygens (including phenoxy) is 1. The molecule has 0 spiro atoms. The maximum absolute atomic E-state index is 12.3. The first kappa shape index (κ1) is 15.0. The van der Waals surface area contributed by atoms with Gasteiger partial charge in [0.2, 0.25) is 5.91 Å². The molecule has 1 amide bonds. The molecule has 0 saturated carbocycles. The van der Waals surface area contributed by atoms with Gasteiger partial charge in [-0.05, 0) is 18.4 Å². The van der Waals surface area contributed by atoms with Crippen LogP contribution in [0.4, 0.5) is 0 Å². The van der Waals surface area contributed by atoms with Crippen LogP contribution in [-0.2, 0) is 14.9 Å². The Morgan fingerprint density at radius 1 is 1.45 bits per heavy atom. The molecule has 110 valence electrons. The summed E-state index contributed by atoms with van der Waals surface area (Å²) in [4.78, 5) is 14.2. The lowest BCUT2D eigenvalue weighted by atomic mass is 9.76. The van der Waals surface area contributed by atoms with E-state index in [1.165, 1.54) is 5.56 Å². The van der Waals surface area contributed by atoms with Crippen LogP contribution in [0.2, 0.25) is 0 Å². The van der Waals surface area contributed by atoms with Gasteiger partial charge in [-0.2, -0.15) is 0 Å². The minimum absolute atomic E-state index is 0.00583. The Kier molecular flexibility index (Phi) is 4.78. The first-order valence-corrected chi connectivity index (χ1v) is 7.16. The Labute approximate surface area is 120 Å². The van der Waals surface area contributed by atoms with Crippen molar-refractivity contribution in [2.75, 3.05) is 26.8 Å². The van der Waals surface area contributed by atoms with Gasteiger partial charge < -0.3 is 15.4 Å². The molecule has 1 fully saturated rings. The standard InChI is InChI=1S/C16H24N2O2/c1-16(13-7-4-3-5-8-13)9-6-10-18(12-16)15(19)14(17)11-20-2/h3-5,7-8,14H,6,9-12,17H2,1-2H3. The van der Waals surface area contributed by atoms with Gasteiger partial charge in [0, 0.05) is 25.6 Å². The van der Waals surface area contributed by atoms with Crippen molar-refractivity contribution in [3.05, 3.63) is 35.9 Å². The maximum Gasteiger partial charge on any atom is 0.241 e. The molecular formula is C16H24N2O2. The molecule has 1 heterocycles. The molecule has 2 N–H and O–H groups in total. The number of amides is 1. The molecule has 1 aromatic rings. The highest BCUT2D eigenvalue weighted by molar-refractivity contribution is 5.82. The molecule has 0 bridgehead atoms. The molecule has 1 aromatic carbocycles. The SMILES string of the molecule is COCC(N)C(=O)N1CCCC(C)(c2ccccc2)C1. The van der Waals surface area contributed by atoms with Crippen molar-refractivity contribution in [3.8, 4) is 0 Å². The fraction of sp³-hybridized carbons (Fsp3) is 0.562. The summed E-state index contributed by atoms with van der Waals surface area (Å²) in [6, 6.07) is 9.85. The predicted molar refractivity (Wildman–Crippen MR) is 79.5 cm³/mol. The summed E-state index contributed by atoms with van der Waals surface area (Å²) in [7, 11) is 1.57. The van der Waals surface area contributed by atoms with Gasteiger partial charge in [0.1, 0.15) is 6.04 Å². The van der Waals surface area contributed by atoms with Gasteiger partial charge in [0.15, 0.2) is 0 Å². The zero-order valence-electron chi connectivity index (χ0n) is 12.3. The van der Waals surface area contributed by atoms with Gasteiger partial charge in [0.25, 0.3) is 0 Å². The summed E-state index contributed by atoms with van der Waals surface area (Å²) in [5.41, 5.74) is 7.18. The van der Waals surface area contributed by atoms with Crippen molar-refractivity contribution in [3.63, 3.8) is 0 Å². The van der Waals surface area contributed by atoms with Crippen LogP contribution >= 0.6 is 0 Å². The number of piperidine rings is 1. The van der Waals surface area contributed by atoms with E-state index >= 15 is 0 Å². The molecule has 1 aliphatic rings. The molecule has 2 atom stereocenters. The average molecular weight is 276 g/mol. The smallest absolute Gasteiger partial charge is 0.241 e. The second-order valence-electron chi connectivity index (χ2n) is 5.85. The van der Waals surface area contributed by atoms with Gasteiger partial charge in [0.05, 0.1) is 6.61 Å². The minimum Gasteiger partial charge on any atom is -0.383 e. The van der Waals surface area contributed by atoms with E-state index in [0.717, 1.165) is 25.9 Å². The fourth-order valence-corrected chi connectivity index (χ4v) is 2.99.